The van der Waals surface area contributed by atoms with Crippen molar-refractivity contribution < 1.29 is 14.3 Å². The molecule has 1 amide bonds. The summed E-state index contributed by atoms with van der Waals surface area (Å²) >= 11 is 6.29. The molecule has 0 aliphatic carbocycles. The number of hydrogen-bond acceptors (Lipinski definition) is 8. The summed E-state index contributed by atoms with van der Waals surface area (Å²) in [6, 6.07) is 4.03. The largest absolute Gasteiger partial charge is 0.444 e. The molecule has 2 aliphatic rings. The molecule has 0 bridgehead atoms. The van der Waals surface area contributed by atoms with Gasteiger partial charge in [-0.1, -0.05) is 11.6 Å². The van der Waals surface area contributed by atoms with E-state index in [9.17, 15) is 4.79 Å². The fourth-order valence-corrected chi connectivity index (χ4v) is 4.49. The Hall–Kier alpha value is -3.11. The minimum atomic E-state index is -0.494. The molecule has 0 atom stereocenters. The van der Waals surface area contributed by atoms with Gasteiger partial charge in [0.1, 0.15) is 16.6 Å². The maximum absolute atomic E-state index is 12.3. The summed E-state index contributed by atoms with van der Waals surface area (Å²) in [6.07, 6.45) is 5.22. The van der Waals surface area contributed by atoms with Crippen molar-refractivity contribution >= 4 is 35.0 Å². The van der Waals surface area contributed by atoms with E-state index in [-0.39, 0.29) is 6.09 Å². The first-order chi connectivity index (χ1) is 16.8. The molecule has 2 aliphatic heterocycles. The van der Waals surface area contributed by atoms with Gasteiger partial charge in [-0.25, -0.2) is 19.7 Å². The Morgan fingerprint density at radius 1 is 1.00 bits per heavy atom. The van der Waals surface area contributed by atoms with E-state index >= 15 is 0 Å². The zero-order valence-corrected chi connectivity index (χ0v) is 21.0. The highest BCUT2D eigenvalue weighted by atomic mass is 35.5. The molecule has 0 unspecified atom stereocenters. The lowest BCUT2D eigenvalue weighted by molar-refractivity contribution is 0.0240. The third-order valence-electron chi connectivity index (χ3n) is 6.05. The van der Waals surface area contributed by atoms with Gasteiger partial charge in [-0.05, 0) is 32.9 Å². The molecule has 0 radical (unpaired) electrons. The lowest BCUT2D eigenvalue weighted by Gasteiger charge is -2.36. The minimum absolute atomic E-state index is 0.267. The number of carbonyl (C=O) groups excluding carboxylic acids is 1. The zero-order valence-electron chi connectivity index (χ0n) is 20.3. The summed E-state index contributed by atoms with van der Waals surface area (Å²) in [7, 11) is 0. The second kappa shape index (κ2) is 9.50. The van der Waals surface area contributed by atoms with E-state index in [4.69, 9.17) is 31.0 Å². The van der Waals surface area contributed by atoms with Gasteiger partial charge in [0.15, 0.2) is 11.5 Å². The molecule has 0 N–H and O–H groups in total. The number of fused-ring (bicyclic) bond motifs is 1. The molecule has 0 aromatic carbocycles. The average molecular weight is 500 g/mol. The third-order valence-corrected chi connectivity index (χ3v) is 6.24. The molecule has 0 saturated carbocycles. The summed E-state index contributed by atoms with van der Waals surface area (Å²) in [5.41, 5.74) is 2.01. The minimum Gasteiger partial charge on any atom is -0.444 e. The van der Waals surface area contributed by atoms with Crippen LogP contribution in [0.4, 0.5) is 16.4 Å². The van der Waals surface area contributed by atoms with Crippen molar-refractivity contribution in [1.29, 1.82) is 0 Å². The van der Waals surface area contributed by atoms with E-state index in [1.165, 1.54) is 0 Å². The van der Waals surface area contributed by atoms with Gasteiger partial charge in [-0.15, -0.1) is 0 Å². The van der Waals surface area contributed by atoms with Crippen LogP contribution in [0.2, 0.25) is 5.15 Å². The smallest absolute Gasteiger partial charge is 0.410 e. The molecule has 186 valence electrons. The van der Waals surface area contributed by atoms with Gasteiger partial charge < -0.3 is 24.2 Å². The molecule has 2 fully saturated rings. The molecule has 3 aromatic rings. The van der Waals surface area contributed by atoms with Crippen molar-refractivity contribution in [3.05, 3.63) is 35.9 Å². The van der Waals surface area contributed by atoms with Crippen LogP contribution in [0.3, 0.4) is 0 Å². The van der Waals surface area contributed by atoms with E-state index in [2.05, 4.69) is 14.8 Å². The summed E-state index contributed by atoms with van der Waals surface area (Å²) < 4.78 is 12.9. The number of halogens is 1. The topological polar surface area (TPSA) is 88.3 Å². The van der Waals surface area contributed by atoms with E-state index < -0.39 is 5.60 Å². The van der Waals surface area contributed by atoms with Gasteiger partial charge >= 0.3 is 6.09 Å². The highest BCUT2D eigenvalue weighted by Gasteiger charge is 2.26. The van der Waals surface area contributed by atoms with Crippen LogP contribution in [-0.4, -0.2) is 88.4 Å². The van der Waals surface area contributed by atoms with Crippen LogP contribution < -0.4 is 9.80 Å². The Morgan fingerprint density at radius 2 is 1.74 bits per heavy atom. The van der Waals surface area contributed by atoms with Crippen LogP contribution in [0.25, 0.3) is 16.9 Å². The van der Waals surface area contributed by atoms with Crippen molar-refractivity contribution in [3.63, 3.8) is 0 Å². The zero-order chi connectivity index (χ0) is 24.6. The number of hydrogen-bond donors (Lipinski definition) is 0. The highest BCUT2D eigenvalue weighted by Crippen LogP contribution is 2.28. The second-order valence-electron chi connectivity index (χ2n) is 9.68. The van der Waals surface area contributed by atoms with Gasteiger partial charge in [-0.2, -0.15) is 0 Å². The average Bonchev–Trinajstić information content (AvgIpc) is 3.24. The number of carbonyl (C=O) groups is 1. The van der Waals surface area contributed by atoms with E-state index in [1.54, 1.807) is 4.90 Å². The van der Waals surface area contributed by atoms with Gasteiger partial charge in [0.2, 0.25) is 0 Å². The maximum Gasteiger partial charge on any atom is 0.410 e. The number of amides is 1. The van der Waals surface area contributed by atoms with Crippen LogP contribution >= 0.6 is 11.6 Å². The van der Waals surface area contributed by atoms with Gasteiger partial charge in [0.25, 0.3) is 0 Å². The Bertz CT molecular complexity index is 1190. The summed E-state index contributed by atoms with van der Waals surface area (Å²) in [5.74, 6) is 1.67. The van der Waals surface area contributed by atoms with Crippen LogP contribution in [0.1, 0.15) is 20.8 Å². The van der Waals surface area contributed by atoms with Crippen molar-refractivity contribution in [3.8, 4) is 11.3 Å². The SMILES string of the molecule is CC(C)(C)OC(=O)N1CCN(c2ccc(-c3cnc(N4CCOCC4)c4nc(Cl)cn34)cn2)CC1. The summed E-state index contributed by atoms with van der Waals surface area (Å²) in [5, 5.41) is 0.418. The van der Waals surface area contributed by atoms with Crippen molar-refractivity contribution in [2.24, 2.45) is 0 Å². The predicted molar refractivity (Wildman–Crippen MR) is 134 cm³/mol. The molecule has 5 heterocycles. The Kier molecular flexibility index (Phi) is 6.41. The number of piperazine rings is 1. The number of imidazole rings is 1. The fourth-order valence-electron chi connectivity index (χ4n) is 4.32. The number of rotatable bonds is 3. The number of anilines is 2. The number of morpholine rings is 1. The first-order valence-electron chi connectivity index (χ1n) is 11.8. The molecule has 35 heavy (non-hydrogen) atoms. The molecule has 5 rings (SSSR count). The van der Waals surface area contributed by atoms with E-state index in [1.807, 2.05) is 55.9 Å². The third kappa shape index (κ3) is 5.13. The second-order valence-corrected chi connectivity index (χ2v) is 10.1. The maximum atomic E-state index is 12.3. The van der Waals surface area contributed by atoms with Gasteiger partial charge in [0.05, 0.1) is 25.1 Å². The summed E-state index contributed by atoms with van der Waals surface area (Å²) in [4.78, 5) is 32.4. The number of ether oxygens (including phenoxy) is 2. The van der Waals surface area contributed by atoms with Crippen LogP contribution in [0.15, 0.2) is 30.7 Å². The van der Waals surface area contributed by atoms with Crippen LogP contribution in [0, 0.1) is 0 Å². The Labute approximate surface area is 209 Å². The molecule has 10 nitrogen and oxygen atoms in total. The normalized spacial score (nSPS) is 17.2. The lowest BCUT2D eigenvalue weighted by atomic mass is 10.2. The van der Waals surface area contributed by atoms with Gasteiger partial charge in [0, 0.05) is 57.2 Å². The monoisotopic (exact) mass is 499 g/mol. The molecule has 3 aromatic heterocycles. The first-order valence-corrected chi connectivity index (χ1v) is 12.2. The van der Waals surface area contributed by atoms with E-state index in [0.29, 0.717) is 44.5 Å². The quantitative estimate of drug-likeness (QED) is 0.542. The number of nitrogens with zero attached hydrogens (tertiary/aromatic N) is 7. The van der Waals surface area contributed by atoms with E-state index in [0.717, 1.165) is 41.6 Å². The highest BCUT2D eigenvalue weighted by molar-refractivity contribution is 6.29. The van der Waals surface area contributed by atoms with Crippen molar-refractivity contribution in [2.75, 3.05) is 62.3 Å². The molecular weight excluding hydrogens is 470 g/mol. The number of pyridine rings is 1. The predicted octanol–water partition coefficient (Wildman–Crippen LogP) is 3.34. The van der Waals surface area contributed by atoms with Crippen LogP contribution in [0.5, 0.6) is 0 Å². The fraction of sp³-hybridized carbons (Fsp3) is 0.500. The number of aromatic nitrogens is 4. The standard InChI is InChI=1S/C24H30ClN7O3/c1-24(2,3)35-23(33)31-8-6-29(7-9-31)20-5-4-17(14-26-20)18-15-27-21(30-10-12-34-13-11-30)22-28-19(25)16-32(18)22/h4-5,14-16H,6-13H2,1-3H3. The Morgan fingerprint density at radius 3 is 2.40 bits per heavy atom. The molecule has 0 spiro atoms. The van der Waals surface area contributed by atoms with Crippen LogP contribution in [-0.2, 0) is 9.47 Å². The molecule has 11 heteroatoms. The molecule has 2 saturated heterocycles. The van der Waals surface area contributed by atoms with Gasteiger partial charge in [-0.3, -0.25) is 4.40 Å². The first kappa shape index (κ1) is 23.6. The molecular formula is C24H30ClN7O3. The van der Waals surface area contributed by atoms with Crippen molar-refractivity contribution in [2.45, 2.75) is 26.4 Å². The summed E-state index contributed by atoms with van der Waals surface area (Å²) in [6.45, 7) is 11.1. The lowest BCUT2D eigenvalue weighted by Crippen LogP contribution is -2.50. The Balaban J connectivity index is 1.31. The van der Waals surface area contributed by atoms with Crippen molar-refractivity contribution in [1.82, 2.24) is 24.3 Å².